The minimum atomic E-state index is 0.470. The molecule has 0 fully saturated rings. The summed E-state index contributed by atoms with van der Waals surface area (Å²) in [6.07, 6.45) is 0. The fourth-order valence-electron chi connectivity index (χ4n) is 3.26. The molecule has 0 N–H and O–H groups in total. The van der Waals surface area contributed by atoms with Crippen molar-refractivity contribution in [3.05, 3.63) is 101 Å². The van der Waals surface area contributed by atoms with Crippen LogP contribution in [0, 0.1) is 0 Å². The van der Waals surface area contributed by atoms with E-state index in [-0.39, 0.29) is 0 Å². The molecular formula is C30H35NOS. The zero-order valence-corrected chi connectivity index (χ0v) is 21.4. The van der Waals surface area contributed by atoms with Crippen molar-refractivity contribution in [2.45, 2.75) is 59.3 Å². The largest absolute Gasteiger partial charge is 0.461 e. The maximum absolute atomic E-state index is 5.63. The molecule has 5 aromatic rings. The lowest BCUT2D eigenvalue weighted by atomic mass is 10.0. The first-order valence-corrected chi connectivity index (χ1v) is 12.6. The molecule has 0 atom stereocenters. The number of hydrogen-bond acceptors (Lipinski definition) is 3. The number of hydrogen-bond donors (Lipinski definition) is 0. The van der Waals surface area contributed by atoms with E-state index in [2.05, 4.69) is 101 Å². The first kappa shape index (κ1) is 24.7. The van der Waals surface area contributed by atoms with Gasteiger partial charge in [0.1, 0.15) is 11.3 Å². The average molecular weight is 458 g/mol. The summed E-state index contributed by atoms with van der Waals surface area (Å²) in [5.74, 6) is 2.74. The molecule has 0 bridgehead atoms. The van der Waals surface area contributed by atoms with Crippen LogP contribution in [0.4, 0.5) is 0 Å². The molecule has 0 aliphatic carbocycles. The topological polar surface area (TPSA) is 26.0 Å². The van der Waals surface area contributed by atoms with E-state index in [9.17, 15) is 0 Å². The van der Waals surface area contributed by atoms with Crippen LogP contribution >= 0.6 is 11.3 Å². The molecule has 33 heavy (non-hydrogen) atoms. The van der Waals surface area contributed by atoms with Crippen LogP contribution in [0.5, 0.6) is 0 Å². The molecule has 2 nitrogen and oxygen atoms in total. The van der Waals surface area contributed by atoms with Crippen molar-refractivity contribution in [3.8, 4) is 0 Å². The molecule has 3 aromatic carbocycles. The fraction of sp³-hybridized carbons (Fsp3) is 0.300. The number of aromatic nitrogens is 1. The van der Waals surface area contributed by atoms with Crippen molar-refractivity contribution >= 4 is 32.5 Å². The lowest BCUT2D eigenvalue weighted by molar-refractivity contribution is 0.522. The lowest BCUT2D eigenvalue weighted by Crippen LogP contribution is -1.83. The zero-order chi connectivity index (χ0) is 23.8. The molecule has 0 radical (unpaired) electrons. The highest BCUT2D eigenvalue weighted by molar-refractivity contribution is 7.18. The molecule has 2 heterocycles. The number of fused-ring (bicyclic) bond motifs is 2. The van der Waals surface area contributed by atoms with E-state index < -0.39 is 0 Å². The monoisotopic (exact) mass is 457 g/mol. The fourth-order valence-corrected chi connectivity index (χ4v) is 4.23. The van der Waals surface area contributed by atoms with Crippen LogP contribution in [-0.2, 0) is 0 Å². The lowest BCUT2D eigenvalue weighted by Gasteiger charge is -2.01. The van der Waals surface area contributed by atoms with E-state index in [4.69, 9.17) is 4.42 Å². The number of thiazole rings is 1. The van der Waals surface area contributed by atoms with E-state index >= 15 is 0 Å². The highest BCUT2D eigenvalue weighted by Gasteiger charge is 2.06. The molecule has 172 valence electrons. The summed E-state index contributed by atoms with van der Waals surface area (Å²) in [7, 11) is 0. The Morgan fingerprint density at radius 2 is 1.30 bits per heavy atom. The second kappa shape index (κ2) is 11.8. The van der Waals surface area contributed by atoms with Crippen LogP contribution in [0.15, 0.2) is 89.3 Å². The van der Waals surface area contributed by atoms with Gasteiger partial charge >= 0.3 is 0 Å². The number of furan rings is 1. The predicted octanol–water partition coefficient (Wildman–Crippen LogP) is 9.79. The van der Waals surface area contributed by atoms with Crippen LogP contribution in [-0.4, -0.2) is 4.98 Å². The average Bonchev–Trinajstić information content (AvgIpc) is 3.45. The predicted molar refractivity (Wildman–Crippen MR) is 145 cm³/mol. The van der Waals surface area contributed by atoms with E-state index in [1.54, 1.807) is 11.3 Å². The van der Waals surface area contributed by atoms with Gasteiger partial charge in [-0.25, -0.2) is 4.98 Å². The standard InChI is InChI=1S/C11H12O.C10H11NS.C9H12/c1-8(2)11-7-9-5-3-4-6-10(9)12-11;1-7(2)10-11-8-5-3-4-6-9(8)12-10;1-8(2)9-6-4-3-5-7-9/h3-8H,1-2H3;3-7H,1-2H3;3-8H,1-2H3. The van der Waals surface area contributed by atoms with E-state index in [1.165, 1.54) is 20.7 Å². The molecule has 0 unspecified atom stereocenters. The van der Waals surface area contributed by atoms with Crippen LogP contribution in [0.3, 0.4) is 0 Å². The van der Waals surface area contributed by atoms with Gasteiger partial charge in [-0.2, -0.15) is 0 Å². The van der Waals surface area contributed by atoms with Gasteiger partial charge in [0.05, 0.1) is 15.2 Å². The molecule has 2 aromatic heterocycles. The quantitative estimate of drug-likeness (QED) is 0.269. The van der Waals surface area contributed by atoms with E-state index in [1.807, 2.05) is 30.3 Å². The third kappa shape index (κ3) is 7.03. The Morgan fingerprint density at radius 1 is 0.667 bits per heavy atom. The zero-order valence-electron chi connectivity index (χ0n) is 20.6. The van der Waals surface area contributed by atoms with Crippen LogP contribution in [0.25, 0.3) is 21.2 Å². The highest BCUT2D eigenvalue weighted by Crippen LogP contribution is 2.26. The van der Waals surface area contributed by atoms with Crippen molar-refractivity contribution in [1.82, 2.24) is 4.98 Å². The van der Waals surface area contributed by atoms with Gasteiger partial charge in [-0.15, -0.1) is 11.3 Å². The highest BCUT2D eigenvalue weighted by atomic mass is 32.1. The van der Waals surface area contributed by atoms with Crippen LogP contribution in [0.2, 0.25) is 0 Å². The third-order valence-corrected chi connectivity index (χ3v) is 6.62. The summed E-state index contributed by atoms with van der Waals surface area (Å²) in [5, 5.41) is 2.43. The molecule has 0 amide bonds. The van der Waals surface area contributed by atoms with E-state index in [0.717, 1.165) is 16.9 Å². The Hall–Kier alpha value is -2.91. The molecular weight excluding hydrogens is 422 g/mol. The molecule has 0 saturated heterocycles. The van der Waals surface area contributed by atoms with Crippen molar-refractivity contribution in [2.75, 3.05) is 0 Å². The Morgan fingerprint density at radius 3 is 1.88 bits per heavy atom. The first-order chi connectivity index (χ1) is 15.8. The van der Waals surface area contributed by atoms with Crippen molar-refractivity contribution < 1.29 is 4.42 Å². The van der Waals surface area contributed by atoms with Gasteiger partial charge in [-0.05, 0) is 35.7 Å². The van der Waals surface area contributed by atoms with Gasteiger partial charge in [-0.1, -0.05) is 102 Å². The molecule has 0 aliphatic rings. The minimum Gasteiger partial charge on any atom is -0.461 e. The summed E-state index contributed by atoms with van der Waals surface area (Å²) in [6.45, 7) is 13.0. The van der Waals surface area contributed by atoms with Gasteiger partial charge < -0.3 is 4.42 Å². The second-order valence-corrected chi connectivity index (χ2v) is 10.1. The molecule has 0 saturated carbocycles. The Labute approximate surface area is 202 Å². The van der Waals surface area contributed by atoms with Gasteiger partial charge in [0.25, 0.3) is 0 Å². The Kier molecular flexibility index (Phi) is 8.85. The molecule has 0 aliphatic heterocycles. The summed E-state index contributed by atoms with van der Waals surface area (Å²) >= 11 is 1.79. The molecule has 5 rings (SSSR count). The minimum absolute atomic E-state index is 0.470. The maximum atomic E-state index is 5.63. The van der Waals surface area contributed by atoms with Crippen molar-refractivity contribution in [3.63, 3.8) is 0 Å². The third-order valence-electron chi connectivity index (χ3n) is 5.28. The summed E-state index contributed by atoms with van der Waals surface area (Å²) in [5.41, 5.74) is 3.53. The van der Waals surface area contributed by atoms with Gasteiger partial charge in [0, 0.05) is 17.2 Å². The number of rotatable bonds is 3. The van der Waals surface area contributed by atoms with Crippen LogP contribution in [0.1, 0.15) is 75.6 Å². The number of para-hydroxylation sites is 2. The van der Waals surface area contributed by atoms with Gasteiger partial charge in [-0.3, -0.25) is 0 Å². The second-order valence-electron chi connectivity index (χ2n) is 9.08. The smallest absolute Gasteiger partial charge is 0.134 e. The maximum Gasteiger partial charge on any atom is 0.134 e. The van der Waals surface area contributed by atoms with Crippen molar-refractivity contribution in [2.24, 2.45) is 0 Å². The number of benzene rings is 3. The van der Waals surface area contributed by atoms with Gasteiger partial charge in [0.2, 0.25) is 0 Å². The Bertz CT molecular complexity index is 1100. The first-order valence-electron chi connectivity index (χ1n) is 11.7. The summed E-state index contributed by atoms with van der Waals surface area (Å²) < 4.78 is 6.92. The Balaban J connectivity index is 0.000000141. The normalized spacial score (nSPS) is 10.9. The number of nitrogens with zero attached hydrogens (tertiary/aromatic N) is 1. The molecule has 0 spiro atoms. The summed E-state index contributed by atoms with van der Waals surface area (Å²) in [6, 6.07) is 29.0. The summed E-state index contributed by atoms with van der Waals surface area (Å²) in [4.78, 5) is 4.53. The van der Waals surface area contributed by atoms with Gasteiger partial charge in [0.15, 0.2) is 0 Å². The molecule has 3 heteroatoms. The van der Waals surface area contributed by atoms with Crippen LogP contribution < -0.4 is 0 Å². The SMILES string of the molecule is CC(C)c1cc2ccccc2o1.CC(C)c1ccccc1.CC(C)c1nc2ccccc2s1. The van der Waals surface area contributed by atoms with Crippen molar-refractivity contribution in [1.29, 1.82) is 0 Å². The van der Waals surface area contributed by atoms with E-state index in [0.29, 0.717) is 17.8 Å².